The van der Waals surface area contributed by atoms with Gasteiger partial charge < -0.3 is 18.9 Å². The van der Waals surface area contributed by atoms with Crippen LogP contribution in [0, 0.1) is 0 Å². The van der Waals surface area contributed by atoms with E-state index in [0.29, 0.717) is 41.6 Å². The quantitative estimate of drug-likeness (QED) is 0.100. The second-order valence-electron chi connectivity index (χ2n) is 8.90. The molecule has 4 aromatic carbocycles. The summed E-state index contributed by atoms with van der Waals surface area (Å²) in [5, 5.41) is 6.16. The maximum Gasteiger partial charge on any atom is 0.343 e. The number of nitrogens with one attached hydrogen (secondary N) is 1. The van der Waals surface area contributed by atoms with Crippen molar-refractivity contribution in [2.24, 2.45) is 5.10 Å². The second-order valence-corrected chi connectivity index (χ2v) is 8.90. The third-order valence-electron chi connectivity index (χ3n) is 5.82. The summed E-state index contributed by atoms with van der Waals surface area (Å²) in [6.45, 7) is 6.49. The van der Waals surface area contributed by atoms with Crippen molar-refractivity contribution < 1.29 is 28.5 Å². The zero-order valence-corrected chi connectivity index (χ0v) is 22.8. The first-order chi connectivity index (χ1) is 19.5. The Morgan fingerprint density at radius 2 is 1.60 bits per heavy atom. The molecule has 1 amide bonds. The SMILES string of the molecule is CCCOc1ccc(C(=O)Oc2ccc(/C=N\NC(=O)[C@@H](C)Oc3ccc4ccccc4c3)cc2OCC)cc1. The van der Waals surface area contributed by atoms with Crippen molar-refractivity contribution in [1.82, 2.24) is 5.43 Å². The minimum atomic E-state index is -0.758. The van der Waals surface area contributed by atoms with E-state index in [9.17, 15) is 9.59 Å². The van der Waals surface area contributed by atoms with Crippen LogP contribution in [0.4, 0.5) is 0 Å². The molecule has 0 aliphatic carbocycles. The van der Waals surface area contributed by atoms with Gasteiger partial charge in [-0.05, 0) is 91.2 Å². The van der Waals surface area contributed by atoms with Crippen LogP contribution in [0.15, 0.2) is 90.0 Å². The van der Waals surface area contributed by atoms with Crippen LogP contribution in [-0.4, -0.2) is 37.4 Å². The zero-order valence-electron chi connectivity index (χ0n) is 22.8. The maximum absolute atomic E-state index is 12.7. The molecule has 40 heavy (non-hydrogen) atoms. The van der Waals surface area contributed by atoms with Gasteiger partial charge in [-0.2, -0.15) is 5.10 Å². The molecule has 206 valence electrons. The van der Waals surface area contributed by atoms with Crippen LogP contribution in [0.5, 0.6) is 23.0 Å². The monoisotopic (exact) mass is 540 g/mol. The molecule has 0 unspecified atom stereocenters. The number of esters is 1. The highest BCUT2D eigenvalue weighted by Crippen LogP contribution is 2.29. The largest absolute Gasteiger partial charge is 0.494 e. The summed E-state index contributed by atoms with van der Waals surface area (Å²) in [6.07, 6.45) is 1.62. The molecule has 8 nitrogen and oxygen atoms in total. The molecule has 0 aromatic heterocycles. The Kier molecular flexibility index (Phi) is 9.72. The summed E-state index contributed by atoms with van der Waals surface area (Å²) in [5.74, 6) is 1.03. The van der Waals surface area contributed by atoms with Gasteiger partial charge in [0, 0.05) is 0 Å². The van der Waals surface area contributed by atoms with Crippen molar-refractivity contribution in [2.45, 2.75) is 33.3 Å². The molecule has 0 aliphatic rings. The highest BCUT2D eigenvalue weighted by Gasteiger charge is 2.15. The van der Waals surface area contributed by atoms with Gasteiger partial charge in [-0.15, -0.1) is 0 Å². The lowest BCUT2D eigenvalue weighted by Gasteiger charge is -2.13. The Morgan fingerprint density at radius 3 is 2.35 bits per heavy atom. The third kappa shape index (κ3) is 7.60. The van der Waals surface area contributed by atoms with E-state index >= 15 is 0 Å². The lowest BCUT2D eigenvalue weighted by atomic mass is 10.1. The summed E-state index contributed by atoms with van der Waals surface area (Å²) < 4.78 is 22.6. The van der Waals surface area contributed by atoms with Crippen molar-refractivity contribution >= 4 is 28.9 Å². The van der Waals surface area contributed by atoms with Gasteiger partial charge >= 0.3 is 5.97 Å². The topological polar surface area (TPSA) is 95.5 Å². The lowest BCUT2D eigenvalue weighted by Crippen LogP contribution is -2.33. The van der Waals surface area contributed by atoms with Crippen molar-refractivity contribution in [3.05, 3.63) is 96.1 Å². The summed E-state index contributed by atoms with van der Waals surface area (Å²) >= 11 is 0. The van der Waals surface area contributed by atoms with Gasteiger partial charge in [-0.25, -0.2) is 10.2 Å². The highest BCUT2D eigenvalue weighted by atomic mass is 16.6. The van der Waals surface area contributed by atoms with Gasteiger partial charge in [0.15, 0.2) is 17.6 Å². The number of ether oxygens (including phenoxy) is 4. The maximum atomic E-state index is 12.7. The first kappa shape index (κ1) is 28.2. The number of carbonyl (C=O) groups is 2. The average Bonchev–Trinajstić information content (AvgIpc) is 2.97. The summed E-state index contributed by atoms with van der Waals surface area (Å²) in [6, 6.07) is 25.4. The van der Waals surface area contributed by atoms with E-state index in [0.717, 1.165) is 17.2 Å². The lowest BCUT2D eigenvalue weighted by molar-refractivity contribution is -0.127. The van der Waals surface area contributed by atoms with Crippen molar-refractivity contribution in [3.8, 4) is 23.0 Å². The van der Waals surface area contributed by atoms with Crippen LogP contribution in [-0.2, 0) is 4.79 Å². The summed E-state index contributed by atoms with van der Waals surface area (Å²) in [7, 11) is 0. The number of amides is 1. The van der Waals surface area contributed by atoms with Gasteiger partial charge in [-0.3, -0.25) is 4.79 Å². The number of rotatable bonds is 12. The summed E-state index contributed by atoms with van der Waals surface area (Å²) in [4.78, 5) is 25.2. The molecule has 0 aliphatic heterocycles. The van der Waals surface area contributed by atoms with E-state index in [1.807, 2.05) is 56.3 Å². The minimum absolute atomic E-state index is 0.275. The molecule has 0 bridgehead atoms. The average molecular weight is 541 g/mol. The van der Waals surface area contributed by atoms with Gasteiger partial charge in [0.05, 0.1) is 25.0 Å². The minimum Gasteiger partial charge on any atom is -0.494 e. The molecule has 8 heteroatoms. The van der Waals surface area contributed by atoms with Crippen molar-refractivity contribution in [3.63, 3.8) is 0 Å². The third-order valence-corrected chi connectivity index (χ3v) is 5.82. The first-order valence-corrected chi connectivity index (χ1v) is 13.2. The predicted molar refractivity (Wildman–Crippen MR) is 155 cm³/mol. The number of hydrogen-bond donors (Lipinski definition) is 1. The number of carbonyl (C=O) groups excluding carboxylic acids is 2. The van der Waals surface area contributed by atoms with Crippen LogP contribution >= 0.6 is 0 Å². The fraction of sp³-hybridized carbons (Fsp3) is 0.219. The van der Waals surface area contributed by atoms with E-state index in [1.165, 1.54) is 6.21 Å². The predicted octanol–water partition coefficient (Wildman–Crippen LogP) is 6.16. The van der Waals surface area contributed by atoms with E-state index in [2.05, 4.69) is 10.5 Å². The molecule has 0 saturated heterocycles. The Hall–Kier alpha value is -4.85. The van der Waals surface area contributed by atoms with Crippen LogP contribution in [0.25, 0.3) is 10.8 Å². The fourth-order valence-corrected chi connectivity index (χ4v) is 3.78. The molecule has 0 radical (unpaired) electrons. The summed E-state index contributed by atoms with van der Waals surface area (Å²) in [5.41, 5.74) is 3.53. The molecule has 0 fully saturated rings. The van der Waals surface area contributed by atoms with Crippen LogP contribution in [0.3, 0.4) is 0 Å². The Bertz CT molecular complexity index is 1480. The fourth-order valence-electron chi connectivity index (χ4n) is 3.78. The number of benzene rings is 4. The van der Waals surface area contributed by atoms with Gasteiger partial charge in [0.25, 0.3) is 5.91 Å². The molecule has 4 aromatic rings. The van der Waals surface area contributed by atoms with Crippen LogP contribution in [0.2, 0.25) is 0 Å². The number of fused-ring (bicyclic) bond motifs is 1. The smallest absolute Gasteiger partial charge is 0.343 e. The molecule has 1 N–H and O–H groups in total. The van der Waals surface area contributed by atoms with E-state index < -0.39 is 18.0 Å². The van der Waals surface area contributed by atoms with Gasteiger partial charge in [0.2, 0.25) is 0 Å². The standard InChI is InChI=1S/C32H32N2O6/c1-4-18-38-27-14-12-25(13-15-27)32(36)40-29-17-10-23(19-30(29)37-5-2)21-33-34-31(35)22(3)39-28-16-11-24-8-6-7-9-26(24)20-28/h6-17,19-22H,4-5,18H2,1-3H3,(H,34,35)/b33-21-/t22-/m1/s1. The van der Waals surface area contributed by atoms with E-state index in [4.69, 9.17) is 18.9 Å². The molecule has 0 saturated carbocycles. The first-order valence-electron chi connectivity index (χ1n) is 13.2. The van der Waals surface area contributed by atoms with Crippen molar-refractivity contribution in [1.29, 1.82) is 0 Å². The number of nitrogens with zero attached hydrogens (tertiary/aromatic N) is 1. The Balaban J connectivity index is 1.35. The van der Waals surface area contributed by atoms with E-state index in [-0.39, 0.29) is 5.75 Å². The normalized spacial score (nSPS) is 11.7. The molecule has 0 heterocycles. The van der Waals surface area contributed by atoms with Crippen molar-refractivity contribution in [2.75, 3.05) is 13.2 Å². The molecular weight excluding hydrogens is 508 g/mol. The van der Waals surface area contributed by atoms with Crippen LogP contribution < -0.4 is 24.4 Å². The number of hydrazone groups is 1. The molecule has 4 rings (SSSR count). The van der Waals surface area contributed by atoms with E-state index in [1.54, 1.807) is 49.4 Å². The zero-order chi connectivity index (χ0) is 28.3. The molecule has 0 spiro atoms. The highest BCUT2D eigenvalue weighted by molar-refractivity contribution is 5.92. The molecular formula is C32H32N2O6. The Labute approximate surface area is 233 Å². The number of hydrogen-bond acceptors (Lipinski definition) is 7. The van der Waals surface area contributed by atoms with Gasteiger partial charge in [0.1, 0.15) is 11.5 Å². The Morgan fingerprint density at radius 1 is 0.850 bits per heavy atom. The molecule has 1 atom stereocenters. The van der Waals surface area contributed by atoms with Crippen LogP contribution in [0.1, 0.15) is 43.1 Å². The van der Waals surface area contributed by atoms with Gasteiger partial charge in [-0.1, -0.05) is 37.3 Å². The second kappa shape index (κ2) is 13.8.